The Morgan fingerprint density at radius 3 is 0.600 bits per heavy atom. The van der Waals surface area contributed by atoms with Crippen LogP contribution in [0.2, 0.25) is 0 Å². The molecule has 4 saturated heterocycles. The summed E-state index contributed by atoms with van der Waals surface area (Å²) in [5.74, 6) is 0.550. The smallest absolute Gasteiger partial charge is 0.137 e. The highest BCUT2D eigenvalue weighted by molar-refractivity contribution is 5.81. The summed E-state index contributed by atoms with van der Waals surface area (Å²) in [4.78, 5) is 58.7. The molecule has 12 heteroatoms. The van der Waals surface area contributed by atoms with Crippen molar-refractivity contribution in [2.75, 3.05) is 78.5 Å². The Morgan fingerprint density at radius 1 is 0.292 bits per heavy atom. The summed E-state index contributed by atoms with van der Waals surface area (Å²) < 4.78 is 0. The number of nitrogens with zero attached hydrogens (tertiary/aromatic N) is 4. The molecule has 656 valence electrons. The van der Waals surface area contributed by atoms with Crippen LogP contribution in [0.1, 0.15) is 255 Å². The van der Waals surface area contributed by atoms with Crippen LogP contribution in [0.15, 0.2) is 218 Å². The van der Waals surface area contributed by atoms with E-state index in [1.165, 1.54) is 44.5 Å². The van der Waals surface area contributed by atoms with Gasteiger partial charge in [0.05, 0.1) is 48.1 Å². The Balaban J connectivity index is 0.000000277. The van der Waals surface area contributed by atoms with Crippen molar-refractivity contribution in [3.63, 3.8) is 0 Å². The largest absolute Gasteiger partial charge is 0.388 e. The van der Waals surface area contributed by atoms with Gasteiger partial charge in [0.25, 0.3) is 0 Å². The number of aliphatic hydroxyl groups is 4. The van der Waals surface area contributed by atoms with Gasteiger partial charge in [0, 0.05) is 52.4 Å². The van der Waals surface area contributed by atoms with Gasteiger partial charge < -0.3 is 40.0 Å². The third-order valence-corrected chi connectivity index (χ3v) is 27.0. The predicted molar refractivity (Wildman–Crippen MR) is 503 cm³/mol. The second-order valence-corrected chi connectivity index (χ2v) is 35.1. The Labute approximate surface area is 727 Å². The van der Waals surface area contributed by atoms with E-state index < -0.39 is 48.1 Å². The van der Waals surface area contributed by atoms with E-state index in [0.717, 1.165) is 100 Å². The highest BCUT2D eigenvalue weighted by atomic mass is 16.3. The molecule has 4 fully saturated rings. The Bertz CT molecular complexity index is 3760. The number of ketones is 4. The van der Waals surface area contributed by atoms with Crippen LogP contribution >= 0.6 is 0 Å². The van der Waals surface area contributed by atoms with Gasteiger partial charge in [-0.25, -0.2) is 0 Å². The summed E-state index contributed by atoms with van der Waals surface area (Å²) in [5.41, 5.74) is 14.7. The molecule has 16 atom stereocenters. The zero-order valence-corrected chi connectivity index (χ0v) is 78.2. The molecule has 4 heterocycles. The van der Waals surface area contributed by atoms with E-state index in [9.17, 15) is 39.6 Å². The summed E-state index contributed by atoms with van der Waals surface area (Å²) in [6, 6.07) is 73.6. The fourth-order valence-corrected chi connectivity index (χ4v) is 18.1. The van der Waals surface area contributed by atoms with Crippen molar-refractivity contribution in [3.8, 4) is 0 Å². The van der Waals surface area contributed by atoms with Crippen LogP contribution in [0, 0.1) is 75.0 Å². The van der Waals surface area contributed by atoms with Crippen molar-refractivity contribution < 1.29 is 39.6 Å². The number of aliphatic hydroxyl groups excluding tert-OH is 4. The maximum Gasteiger partial charge on any atom is 0.137 e. The zero-order valence-electron chi connectivity index (χ0n) is 78.2. The lowest BCUT2D eigenvalue weighted by Crippen LogP contribution is -2.49. The first-order valence-electron chi connectivity index (χ1n) is 45.4. The first-order chi connectivity index (χ1) is 57.2. The molecule has 120 heavy (non-hydrogen) atoms. The van der Waals surface area contributed by atoms with E-state index in [1.54, 1.807) is 27.7 Å². The van der Waals surface area contributed by atoms with E-state index in [4.69, 9.17) is 0 Å². The number of carbonyl (C=O) groups is 4. The third kappa shape index (κ3) is 28.1. The Morgan fingerprint density at radius 2 is 0.458 bits per heavy atom. The quantitative estimate of drug-likeness (QED) is 0.0454. The van der Waals surface area contributed by atoms with E-state index in [-0.39, 0.29) is 44.8 Å². The Kier molecular flexibility index (Phi) is 42.8. The Hall–Kier alpha value is -7.88. The van der Waals surface area contributed by atoms with Crippen molar-refractivity contribution in [1.29, 1.82) is 0 Å². The van der Waals surface area contributed by atoms with Crippen molar-refractivity contribution in [2.24, 2.45) is 47.3 Å². The highest BCUT2D eigenvalue weighted by Gasteiger charge is 2.44. The number of benzene rings is 8. The first-order valence-corrected chi connectivity index (χ1v) is 45.4. The van der Waals surface area contributed by atoms with Gasteiger partial charge in [0.15, 0.2) is 0 Å². The van der Waals surface area contributed by atoms with Crippen molar-refractivity contribution in [3.05, 3.63) is 285 Å². The molecule has 12 nitrogen and oxygen atoms in total. The molecule has 0 aliphatic carbocycles. The third-order valence-electron chi connectivity index (χ3n) is 27.0. The van der Waals surface area contributed by atoms with Gasteiger partial charge >= 0.3 is 0 Å². The van der Waals surface area contributed by atoms with E-state index >= 15 is 0 Å². The second kappa shape index (κ2) is 50.0. The number of rotatable bonds is 24. The standard InChI is InChI=1S/4C25H33NO2.4C2H6/c4*1-18-9-8-12-22(15-18)25(4)13-14-26(16-19(25)2)17-23(20(3)27)24(28)21-10-6-5-7-11-21;4*1-2/h4*5-12,15,19,23-24,28H,13-14,16-17H2,1-4H3;4*1-2H3/t19-,23?,24+,25+;19-,23?,24-,25+;19-,23-,24+,25+;19-,23-,24-,25+;;;;/m0000..../s1. The summed E-state index contributed by atoms with van der Waals surface area (Å²) in [7, 11) is 0. The molecule has 12 rings (SSSR count). The summed E-state index contributed by atoms with van der Waals surface area (Å²) in [5, 5.41) is 43.2. The topological polar surface area (TPSA) is 162 Å². The van der Waals surface area contributed by atoms with Gasteiger partial charge in [-0.1, -0.05) is 351 Å². The lowest BCUT2D eigenvalue weighted by molar-refractivity contribution is -0.126. The lowest BCUT2D eigenvalue weighted by atomic mass is 9.67. The van der Waals surface area contributed by atoms with Crippen molar-refractivity contribution in [1.82, 2.24) is 19.6 Å². The normalized spacial score (nSPS) is 23.8. The molecular weight excluding hydrogens is 1480 g/mol. The molecule has 0 aromatic heterocycles. The number of hydrogen-bond acceptors (Lipinski definition) is 12. The van der Waals surface area contributed by atoms with Crippen LogP contribution in [0.4, 0.5) is 0 Å². The van der Waals surface area contributed by atoms with Crippen molar-refractivity contribution in [2.45, 2.75) is 238 Å². The van der Waals surface area contributed by atoms with Gasteiger partial charge in [-0.2, -0.15) is 0 Å². The number of piperidine rings is 4. The van der Waals surface area contributed by atoms with Gasteiger partial charge in [0.1, 0.15) is 23.1 Å². The molecule has 4 aliphatic rings. The van der Waals surface area contributed by atoms with Gasteiger partial charge in [-0.15, -0.1) is 0 Å². The highest BCUT2D eigenvalue weighted by Crippen LogP contribution is 2.45. The minimum atomic E-state index is -0.751. The summed E-state index contributed by atoms with van der Waals surface area (Å²) in [6.45, 7) is 59.7. The van der Waals surface area contributed by atoms with Gasteiger partial charge in [-0.05, 0) is 197 Å². The van der Waals surface area contributed by atoms with Crippen molar-refractivity contribution >= 4 is 23.1 Å². The number of aryl methyl sites for hydroxylation is 4. The molecule has 8 aromatic rings. The molecule has 4 N–H and O–H groups in total. The molecule has 4 aliphatic heterocycles. The van der Waals surface area contributed by atoms with E-state index in [2.05, 4.69) is 200 Å². The van der Waals surface area contributed by atoms with Crippen LogP contribution in [0.3, 0.4) is 0 Å². The number of carbonyl (C=O) groups excluding carboxylic acids is 4. The van der Waals surface area contributed by atoms with Crippen LogP contribution in [0.5, 0.6) is 0 Å². The van der Waals surface area contributed by atoms with E-state index in [0.29, 0.717) is 49.9 Å². The minimum Gasteiger partial charge on any atom is -0.388 e. The lowest BCUT2D eigenvalue weighted by Gasteiger charge is -2.46. The van der Waals surface area contributed by atoms with Crippen LogP contribution < -0.4 is 0 Å². The predicted octanol–water partition coefficient (Wildman–Crippen LogP) is 22.2. The summed E-state index contributed by atoms with van der Waals surface area (Å²) in [6.07, 6.45) is 1.23. The molecule has 0 spiro atoms. The van der Waals surface area contributed by atoms with E-state index in [1.807, 2.05) is 177 Å². The molecular formula is C108H156N4O8. The average Bonchev–Trinajstić information content (AvgIpc) is 0.794. The molecule has 0 saturated carbocycles. The van der Waals surface area contributed by atoms with Gasteiger partial charge in [0.2, 0.25) is 0 Å². The minimum absolute atomic E-state index is 0.0519. The molecule has 8 aromatic carbocycles. The SMILES string of the molecule is CC.CC.CC.CC.CC(=O)C(CN1CC[C@@](C)(c2cccc(C)c2)[C@@H](C)C1)[C@@H](O)c1ccccc1.CC(=O)C(CN1CC[C@@](C)(c2cccc(C)c2)[C@@H](C)C1)[C@H](O)c1ccccc1.CC(=O)[C@H](CN1CC[C@@](C)(c2cccc(C)c2)[C@@H](C)C1)[C@@H](O)c1ccccc1.CC(=O)[C@H](CN1CC[C@@](C)(c2cccc(C)c2)[C@@H](C)C1)[C@H](O)c1ccccc1. The monoisotopic (exact) mass is 1640 g/mol. The first kappa shape index (κ1) is 103. The molecule has 0 radical (unpaired) electrons. The zero-order chi connectivity index (χ0) is 89.2. The fourth-order valence-electron chi connectivity index (χ4n) is 18.1. The van der Waals surface area contributed by atoms with Crippen LogP contribution in [-0.4, -0.2) is 142 Å². The van der Waals surface area contributed by atoms with Crippen LogP contribution in [-0.2, 0) is 40.8 Å². The maximum absolute atomic E-state index is 12.3. The molecule has 0 bridgehead atoms. The average molecular weight is 1640 g/mol. The second-order valence-electron chi connectivity index (χ2n) is 35.1. The summed E-state index contributed by atoms with van der Waals surface area (Å²) >= 11 is 0. The number of hydrogen-bond donors (Lipinski definition) is 4. The fraction of sp³-hybridized carbons (Fsp3) is 0.519. The number of Topliss-reactive ketones (excluding diaryl/α,β-unsaturated/α-hetero) is 4. The number of likely N-dealkylation sites (tertiary alicyclic amines) is 4. The molecule has 0 amide bonds. The maximum atomic E-state index is 12.3. The van der Waals surface area contributed by atoms with Crippen LogP contribution in [0.25, 0.3) is 0 Å². The molecule has 2 unspecified atom stereocenters. The van der Waals surface area contributed by atoms with Gasteiger partial charge in [-0.3, -0.25) is 19.2 Å².